The molecule has 10 heavy (non-hydrogen) atoms. The highest BCUT2D eigenvalue weighted by molar-refractivity contribution is 5.90. The third kappa shape index (κ3) is 3.88. The Hall–Kier alpha value is -1.06. The van der Waals surface area contributed by atoms with Crippen LogP contribution in [0.15, 0.2) is 4.99 Å². The van der Waals surface area contributed by atoms with Crippen LogP contribution in [0.3, 0.4) is 0 Å². The number of amidine groups is 1. The van der Waals surface area contributed by atoms with Gasteiger partial charge < -0.3 is 10.5 Å². The number of hydrogen-bond donors (Lipinski definition) is 1. The van der Waals surface area contributed by atoms with Crippen LogP contribution in [0.2, 0.25) is 0 Å². The number of hydrogen-bond acceptors (Lipinski definition) is 2. The summed E-state index contributed by atoms with van der Waals surface area (Å²) >= 11 is 0. The lowest BCUT2D eigenvalue weighted by molar-refractivity contribution is 0.163. The van der Waals surface area contributed by atoms with Crippen LogP contribution in [0.4, 0.5) is 4.79 Å². The summed E-state index contributed by atoms with van der Waals surface area (Å²) in [5, 5.41) is 0. The number of carbonyl (C=O) groups excluding carboxylic acids is 1. The van der Waals surface area contributed by atoms with Gasteiger partial charge in [0, 0.05) is 6.42 Å². The van der Waals surface area contributed by atoms with Gasteiger partial charge in [-0.2, -0.15) is 4.99 Å². The van der Waals surface area contributed by atoms with E-state index in [0.29, 0.717) is 18.9 Å². The predicted molar refractivity (Wildman–Crippen MR) is 38.9 cm³/mol. The van der Waals surface area contributed by atoms with Crippen molar-refractivity contribution >= 4 is 11.9 Å². The molecule has 4 nitrogen and oxygen atoms in total. The maximum atomic E-state index is 10.5. The average Bonchev–Trinajstić information content (AvgIpc) is 1.88. The number of ether oxygens (including phenoxy) is 1. The molecule has 0 aromatic carbocycles. The molecule has 0 aliphatic heterocycles. The molecule has 58 valence electrons. The van der Waals surface area contributed by atoms with Gasteiger partial charge in [-0.3, -0.25) is 0 Å². The second kappa shape index (κ2) is 4.78. The molecule has 1 amide bonds. The third-order valence-electron chi connectivity index (χ3n) is 0.865. The van der Waals surface area contributed by atoms with Crippen molar-refractivity contribution in [3.05, 3.63) is 0 Å². The minimum atomic E-state index is -0.609. The molecule has 0 spiro atoms. The normalized spacial score (nSPS) is 11.2. The van der Waals surface area contributed by atoms with E-state index in [-0.39, 0.29) is 0 Å². The van der Waals surface area contributed by atoms with E-state index in [0.717, 1.165) is 0 Å². The topological polar surface area (TPSA) is 64.7 Å². The van der Waals surface area contributed by atoms with Gasteiger partial charge in [-0.1, -0.05) is 6.92 Å². The lowest BCUT2D eigenvalue weighted by atomic mass is 10.5. The first-order valence-electron chi connectivity index (χ1n) is 3.20. The van der Waals surface area contributed by atoms with E-state index in [4.69, 9.17) is 5.73 Å². The molecule has 0 fully saturated rings. The summed E-state index contributed by atoms with van der Waals surface area (Å²) in [6, 6.07) is 0. The second-order valence-electron chi connectivity index (χ2n) is 1.66. The molecule has 0 unspecified atom stereocenters. The molecule has 0 saturated heterocycles. The average molecular weight is 144 g/mol. The predicted octanol–water partition coefficient (Wildman–Crippen LogP) is 0.910. The van der Waals surface area contributed by atoms with Gasteiger partial charge in [0.15, 0.2) is 0 Å². The van der Waals surface area contributed by atoms with E-state index in [1.807, 2.05) is 6.92 Å². The van der Waals surface area contributed by atoms with Crippen LogP contribution in [-0.4, -0.2) is 18.5 Å². The van der Waals surface area contributed by atoms with Gasteiger partial charge in [0.1, 0.15) is 5.84 Å². The van der Waals surface area contributed by atoms with E-state index >= 15 is 0 Å². The summed E-state index contributed by atoms with van der Waals surface area (Å²) < 4.78 is 4.51. The van der Waals surface area contributed by atoms with Gasteiger partial charge >= 0.3 is 6.09 Å². The maximum absolute atomic E-state index is 10.5. The van der Waals surface area contributed by atoms with E-state index in [1.54, 1.807) is 6.92 Å². The molecule has 0 aromatic heterocycles. The highest BCUT2D eigenvalue weighted by Gasteiger charge is 1.96. The highest BCUT2D eigenvalue weighted by Crippen LogP contribution is 1.85. The Bertz CT molecular complexity index is 143. The fraction of sp³-hybridized carbons (Fsp3) is 0.667. The Morgan fingerprint density at radius 1 is 1.60 bits per heavy atom. The van der Waals surface area contributed by atoms with Crippen LogP contribution in [0.1, 0.15) is 20.3 Å². The number of amides is 1. The summed E-state index contributed by atoms with van der Waals surface area (Å²) in [4.78, 5) is 13.9. The van der Waals surface area contributed by atoms with Crippen LogP contribution in [-0.2, 0) is 4.74 Å². The largest absolute Gasteiger partial charge is 0.448 e. The second-order valence-corrected chi connectivity index (χ2v) is 1.66. The number of nitrogens with two attached hydrogens (primary N) is 1. The maximum Gasteiger partial charge on any atom is 0.435 e. The summed E-state index contributed by atoms with van der Waals surface area (Å²) in [5.74, 6) is 0.304. The Morgan fingerprint density at radius 2 is 2.20 bits per heavy atom. The van der Waals surface area contributed by atoms with Gasteiger partial charge in [-0.05, 0) is 6.92 Å². The summed E-state index contributed by atoms with van der Waals surface area (Å²) in [5.41, 5.74) is 5.25. The van der Waals surface area contributed by atoms with Crippen LogP contribution >= 0.6 is 0 Å². The lowest BCUT2D eigenvalue weighted by Crippen LogP contribution is -2.13. The molecular formula is C6H12N2O2. The third-order valence-corrected chi connectivity index (χ3v) is 0.865. The molecule has 2 N–H and O–H groups in total. The quantitative estimate of drug-likeness (QED) is 0.462. The zero-order chi connectivity index (χ0) is 7.98. The van der Waals surface area contributed by atoms with Crippen molar-refractivity contribution < 1.29 is 9.53 Å². The number of carbonyl (C=O) groups is 1. The van der Waals surface area contributed by atoms with Gasteiger partial charge in [0.25, 0.3) is 0 Å². The Morgan fingerprint density at radius 3 is 2.60 bits per heavy atom. The molecule has 0 aliphatic rings. The zero-order valence-electron chi connectivity index (χ0n) is 6.26. The zero-order valence-corrected chi connectivity index (χ0v) is 6.26. The molecule has 0 aromatic rings. The van der Waals surface area contributed by atoms with Gasteiger partial charge in [0.2, 0.25) is 0 Å². The van der Waals surface area contributed by atoms with E-state index in [2.05, 4.69) is 9.73 Å². The number of nitrogens with zero attached hydrogens (tertiary/aromatic N) is 1. The van der Waals surface area contributed by atoms with Crippen molar-refractivity contribution in [1.29, 1.82) is 0 Å². The molecule has 0 radical (unpaired) electrons. The molecule has 4 heteroatoms. The van der Waals surface area contributed by atoms with Crippen molar-refractivity contribution in [3.63, 3.8) is 0 Å². The van der Waals surface area contributed by atoms with Crippen molar-refractivity contribution in [2.45, 2.75) is 20.3 Å². The smallest absolute Gasteiger partial charge is 0.435 e. The Balaban J connectivity index is 3.75. The van der Waals surface area contributed by atoms with Crippen molar-refractivity contribution in [1.82, 2.24) is 0 Å². The molecule has 0 aliphatic carbocycles. The minimum absolute atomic E-state index is 0.304. The van der Waals surface area contributed by atoms with E-state index < -0.39 is 6.09 Å². The number of rotatable bonds is 2. The first kappa shape index (κ1) is 8.94. The Kier molecular flexibility index (Phi) is 4.28. The van der Waals surface area contributed by atoms with E-state index in [9.17, 15) is 4.79 Å². The van der Waals surface area contributed by atoms with Crippen molar-refractivity contribution in [3.8, 4) is 0 Å². The molecule has 0 atom stereocenters. The monoisotopic (exact) mass is 144 g/mol. The molecular weight excluding hydrogens is 132 g/mol. The van der Waals surface area contributed by atoms with Gasteiger partial charge in [-0.15, -0.1) is 0 Å². The molecule has 0 rings (SSSR count). The summed E-state index contributed by atoms with van der Waals surface area (Å²) in [7, 11) is 0. The minimum Gasteiger partial charge on any atom is -0.448 e. The molecule has 0 saturated carbocycles. The van der Waals surface area contributed by atoms with Crippen LogP contribution in [0.5, 0.6) is 0 Å². The van der Waals surface area contributed by atoms with Crippen LogP contribution in [0.25, 0.3) is 0 Å². The molecule has 0 bridgehead atoms. The molecule has 0 heterocycles. The highest BCUT2D eigenvalue weighted by atomic mass is 16.5. The van der Waals surface area contributed by atoms with Crippen molar-refractivity contribution in [2.24, 2.45) is 10.7 Å². The van der Waals surface area contributed by atoms with Crippen LogP contribution < -0.4 is 5.73 Å². The number of aliphatic imine (C=N–C) groups is 1. The standard InChI is InChI=1S/C6H12N2O2/c1-3-5(7)8-6(9)10-4-2/h3-4H2,1-2H3,(H2,7,8,9). The van der Waals surface area contributed by atoms with Gasteiger partial charge in [0.05, 0.1) is 6.61 Å². The first-order valence-corrected chi connectivity index (χ1v) is 3.20. The lowest BCUT2D eigenvalue weighted by Gasteiger charge is -1.95. The SMILES string of the molecule is CCOC(=O)/N=C(\N)CC. The summed E-state index contributed by atoms with van der Waals surface area (Å²) in [6.07, 6.45) is -0.0411. The first-order chi connectivity index (χ1) is 4.70. The summed E-state index contributed by atoms with van der Waals surface area (Å²) in [6.45, 7) is 3.87. The Labute approximate surface area is 60.1 Å². The fourth-order valence-corrected chi connectivity index (χ4v) is 0.352. The fourth-order valence-electron chi connectivity index (χ4n) is 0.352. The van der Waals surface area contributed by atoms with Gasteiger partial charge in [-0.25, -0.2) is 4.79 Å². The van der Waals surface area contributed by atoms with E-state index in [1.165, 1.54) is 0 Å². The van der Waals surface area contributed by atoms with Crippen molar-refractivity contribution in [2.75, 3.05) is 6.61 Å². The van der Waals surface area contributed by atoms with Crippen LogP contribution in [0, 0.1) is 0 Å².